The molecule has 0 N–H and O–H groups in total. The summed E-state index contributed by atoms with van der Waals surface area (Å²) in [5, 5.41) is 7.22. The molecule has 0 saturated heterocycles. The third-order valence-electron chi connectivity index (χ3n) is 23.3. The normalized spacial score (nSPS) is 11.4. The van der Waals surface area contributed by atoms with Crippen molar-refractivity contribution in [1.82, 2.24) is 9.13 Å². The first-order chi connectivity index (χ1) is 59.0. The van der Waals surface area contributed by atoms with Gasteiger partial charge in [-0.2, -0.15) is 0 Å². The molecule has 560 valence electrons. The molecule has 0 aliphatic carbocycles. The van der Waals surface area contributed by atoms with Gasteiger partial charge in [-0.25, -0.2) is 0 Å². The van der Waals surface area contributed by atoms with Crippen molar-refractivity contribution in [2.75, 3.05) is 9.80 Å². The SMILES string of the molecule is c1ccc(-c2ccc(-c3ccc(N(c4ccc(-c5cccc6c5oc5ccccc56)cc4)c4ccc(-n5c6ccccc6c6ccccc65)cc4)cc3)cc2)cc1.c1ccc(-c2ccc(-c3ccc(N(c4ccc(-c5ccccc5)cc4)c4ccc5c6ccccc6n(-c6ccccc6-c6ccc(-c7ccccc7)cc6)c5c4)cc3)cc2)cc1. The number of anilines is 6. The van der Waals surface area contributed by atoms with Gasteiger partial charge in [0.15, 0.2) is 0 Å². The highest BCUT2D eigenvalue weighted by Crippen LogP contribution is 2.46. The second-order valence-corrected chi connectivity index (χ2v) is 30.3. The Morgan fingerprint density at radius 3 is 0.874 bits per heavy atom. The van der Waals surface area contributed by atoms with Crippen molar-refractivity contribution in [3.63, 3.8) is 0 Å². The number of nitrogens with zero attached hydrogens (tertiary/aromatic N) is 4. The molecule has 0 spiro atoms. The van der Waals surface area contributed by atoms with Crippen LogP contribution in [0.3, 0.4) is 0 Å². The summed E-state index contributed by atoms with van der Waals surface area (Å²) in [6.07, 6.45) is 0. The van der Waals surface area contributed by atoms with Crippen molar-refractivity contribution in [2.24, 2.45) is 0 Å². The van der Waals surface area contributed by atoms with Crippen molar-refractivity contribution < 1.29 is 4.42 Å². The minimum absolute atomic E-state index is 0.905. The van der Waals surface area contributed by atoms with Crippen LogP contribution in [0.15, 0.2) is 478 Å². The number of fused-ring (bicyclic) bond motifs is 9. The van der Waals surface area contributed by atoms with E-state index in [2.05, 4.69) is 480 Å². The van der Waals surface area contributed by atoms with E-state index in [0.717, 1.165) is 84.1 Å². The van der Waals surface area contributed by atoms with Gasteiger partial charge in [0.05, 0.1) is 27.8 Å². The molecule has 22 rings (SSSR count). The maximum Gasteiger partial charge on any atom is 0.143 e. The average Bonchev–Trinajstić information content (AvgIpc) is 1.58. The molecule has 0 radical (unpaired) electrons. The first kappa shape index (κ1) is 71.0. The lowest BCUT2D eigenvalue weighted by molar-refractivity contribution is 0.670. The fraction of sp³-hybridized carbons (Fsp3) is 0. The molecule has 0 aliphatic rings. The molecule has 0 bridgehead atoms. The minimum atomic E-state index is 0.905. The maximum atomic E-state index is 6.41. The minimum Gasteiger partial charge on any atom is -0.455 e. The molecule has 5 heteroatoms. The molecule has 0 amide bonds. The van der Waals surface area contributed by atoms with E-state index < -0.39 is 0 Å². The number of rotatable bonds is 16. The molecular weight excluding hydrogens is 1440 g/mol. The van der Waals surface area contributed by atoms with Crippen LogP contribution in [0.1, 0.15) is 0 Å². The van der Waals surface area contributed by atoms with Crippen LogP contribution in [0.5, 0.6) is 0 Å². The highest BCUT2D eigenvalue weighted by atomic mass is 16.3. The Morgan fingerprint density at radius 2 is 0.445 bits per heavy atom. The highest BCUT2D eigenvalue weighted by Gasteiger charge is 2.23. The van der Waals surface area contributed by atoms with Gasteiger partial charge >= 0.3 is 0 Å². The fourth-order valence-corrected chi connectivity index (χ4v) is 17.4. The van der Waals surface area contributed by atoms with Crippen molar-refractivity contribution in [3.05, 3.63) is 473 Å². The fourth-order valence-electron chi connectivity index (χ4n) is 17.4. The monoisotopic (exact) mass is 1520 g/mol. The summed E-state index contributed by atoms with van der Waals surface area (Å²) in [6, 6.07) is 170. The molecule has 0 fully saturated rings. The van der Waals surface area contributed by atoms with Crippen LogP contribution in [0.25, 0.3) is 166 Å². The van der Waals surface area contributed by atoms with Gasteiger partial charge in [0.1, 0.15) is 11.2 Å². The van der Waals surface area contributed by atoms with E-state index in [1.54, 1.807) is 0 Å². The third kappa shape index (κ3) is 13.6. The summed E-state index contributed by atoms with van der Waals surface area (Å²) in [7, 11) is 0. The predicted molar refractivity (Wildman–Crippen MR) is 502 cm³/mol. The van der Waals surface area contributed by atoms with E-state index in [9.17, 15) is 0 Å². The van der Waals surface area contributed by atoms with Crippen LogP contribution in [0.4, 0.5) is 34.1 Å². The van der Waals surface area contributed by atoms with Crippen LogP contribution < -0.4 is 9.80 Å². The van der Waals surface area contributed by atoms with Gasteiger partial charge < -0.3 is 23.4 Å². The van der Waals surface area contributed by atoms with Crippen LogP contribution in [-0.4, -0.2) is 9.13 Å². The van der Waals surface area contributed by atoms with Crippen molar-refractivity contribution in [2.45, 2.75) is 0 Å². The van der Waals surface area contributed by atoms with Crippen LogP contribution >= 0.6 is 0 Å². The summed E-state index contributed by atoms with van der Waals surface area (Å²) in [5.74, 6) is 0. The van der Waals surface area contributed by atoms with Gasteiger partial charge in [-0.05, 0) is 193 Å². The number of benzene rings is 19. The Hall–Kier alpha value is -15.8. The molecule has 19 aromatic carbocycles. The summed E-state index contributed by atoms with van der Waals surface area (Å²) in [4.78, 5) is 4.72. The Morgan fingerprint density at radius 1 is 0.168 bits per heavy atom. The number of hydrogen-bond donors (Lipinski definition) is 0. The number of aromatic nitrogens is 2. The summed E-state index contributed by atoms with van der Waals surface area (Å²) < 4.78 is 11.2. The zero-order chi connectivity index (χ0) is 79.0. The standard InChI is InChI=1S/C60H42N2.C54H36N2O/c1-4-14-43(15-5-1)46-24-26-48(27-25-46)50-34-38-53(39-35-50)61(52-36-32-49(33-37-52)45-18-8-3-9-19-45)54-40-41-57-56-21-11-13-23-59(56)62(60(57)42-54)58-22-12-10-20-55(58)51-30-28-47(29-31-51)44-16-6-2-7-17-44;1-2-11-37(12-3-1)38-21-23-39(24-22-38)40-25-29-42(30-26-40)55(43-31-27-41(28-32-43)46-16-10-17-50-49-15-6-9-20-53(49)57-54(46)50)44-33-35-45(36-34-44)56-51-18-7-4-13-47(51)48-14-5-8-19-52(48)56/h1-42H;1-36H. The molecule has 3 heterocycles. The highest BCUT2D eigenvalue weighted by molar-refractivity contribution is 6.13. The van der Waals surface area contributed by atoms with E-state index in [1.165, 1.54) is 116 Å². The largest absolute Gasteiger partial charge is 0.455 e. The van der Waals surface area contributed by atoms with Crippen molar-refractivity contribution in [3.8, 4) is 100 Å². The predicted octanol–water partition coefficient (Wildman–Crippen LogP) is 31.7. The molecule has 22 aromatic rings. The van der Waals surface area contributed by atoms with Crippen LogP contribution in [0.2, 0.25) is 0 Å². The second kappa shape index (κ2) is 31.2. The number of para-hydroxylation sites is 6. The van der Waals surface area contributed by atoms with E-state index >= 15 is 0 Å². The Bertz CT molecular complexity index is 7310. The molecule has 119 heavy (non-hydrogen) atoms. The lowest BCUT2D eigenvalue weighted by atomic mass is 9.99. The molecule has 0 aliphatic heterocycles. The first-order valence-corrected chi connectivity index (χ1v) is 40.7. The smallest absolute Gasteiger partial charge is 0.143 e. The van der Waals surface area contributed by atoms with Crippen LogP contribution in [-0.2, 0) is 0 Å². The van der Waals surface area contributed by atoms with Crippen molar-refractivity contribution in [1.29, 1.82) is 0 Å². The summed E-state index contributed by atoms with van der Waals surface area (Å²) in [6.45, 7) is 0. The van der Waals surface area contributed by atoms with E-state index in [1.807, 2.05) is 12.1 Å². The first-order valence-electron chi connectivity index (χ1n) is 40.7. The van der Waals surface area contributed by atoms with Gasteiger partial charge in [-0.3, -0.25) is 0 Å². The lowest BCUT2D eigenvalue weighted by Crippen LogP contribution is -2.10. The number of furan rings is 1. The maximum absolute atomic E-state index is 6.41. The Balaban J connectivity index is 0.000000148. The van der Waals surface area contributed by atoms with Crippen LogP contribution in [0, 0.1) is 0 Å². The zero-order valence-corrected chi connectivity index (χ0v) is 65.2. The topological polar surface area (TPSA) is 29.5 Å². The molecule has 0 atom stereocenters. The molecule has 0 unspecified atom stereocenters. The quantitative estimate of drug-likeness (QED) is 0.0966. The molecule has 3 aromatic heterocycles. The molecule has 0 saturated carbocycles. The van der Waals surface area contributed by atoms with Gasteiger partial charge in [0.2, 0.25) is 0 Å². The Labute approximate surface area is 692 Å². The summed E-state index contributed by atoms with van der Waals surface area (Å²) >= 11 is 0. The summed E-state index contributed by atoms with van der Waals surface area (Å²) in [5.41, 5.74) is 34.3. The average molecular weight is 1520 g/mol. The van der Waals surface area contributed by atoms with E-state index in [0.29, 0.717) is 0 Å². The van der Waals surface area contributed by atoms with Crippen molar-refractivity contribution >= 4 is 99.7 Å². The molecular formula is C114H78N4O. The van der Waals surface area contributed by atoms with Gasteiger partial charge in [-0.15, -0.1) is 0 Å². The van der Waals surface area contributed by atoms with Gasteiger partial charge in [0, 0.05) is 83.3 Å². The van der Waals surface area contributed by atoms with E-state index in [4.69, 9.17) is 4.42 Å². The second-order valence-electron chi connectivity index (χ2n) is 30.3. The molecule has 5 nitrogen and oxygen atoms in total. The Kier molecular flexibility index (Phi) is 18.6. The van der Waals surface area contributed by atoms with Gasteiger partial charge in [-0.1, -0.05) is 358 Å². The zero-order valence-electron chi connectivity index (χ0n) is 65.2. The van der Waals surface area contributed by atoms with Gasteiger partial charge in [0.25, 0.3) is 0 Å². The lowest BCUT2D eigenvalue weighted by Gasteiger charge is -2.26. The van der Waals surface area contributed by atoms with E-state index in [-0.39, 0.29) is 0 Å². The number of hydrogen-bond acceptors (Lipinski definition) is 3. The third-order valence-corrected chi connectivity index (χ3v) is 23.3.